The van der Waals surface area contributed by atoms with Crippen LogP contribution in [0, 0.1) is 6.92 Å². The number of nitrogens with one attached hydrogen (secondary N) is 1. The summed E-state index contributed by atoms with van der Waals surface area (Å²) < 4.78 is 5.55. The van der Waals surface area contributed by atoms with Crippen molar-refractivity contribution in [3.8, 4) is 0 Å². The van der Waals surface area contributed by atoms with Crippen molar-refractivity contribution in [3.63, 3.8) is 0 Å². The quantitative estimate of drug-likeness (QED) is 0.618. The molecule has 1 N–H and O–H groups in total. The Morgan fingerprint density at radius 3 is 2.71 bits per heavy atom. The second-order valence-electron chi connectivity index (χ2n) is 5.52. The Balaban J connectivity index is 1.96. The highest BCUT2D eigenvalue weighted by Gasteiger charge is 2.09. The lowest BCUT2D eigenvalue weighted by molar-refractivity contribution is 0.133. The van der Waals surface area contributed by atoms with Gasteiger partial charge < -0.3 is 15.0 Å². The summed E-state index contributed by atoms with van der Waals surface area (Å²) in [7, 11) is 3.83. The van der Waals surface area contributed by atoms with E-state index in [2.05, 4.69) is 43.8 Å². The fourth-order valence-electron chi connectivity index (χ4n) is 2.44. The maximum atomic E-state index is 5.55. The first-order chi connectivity index (χ1) is 11.6. The third-order valence-corrected chi connectivity index (χ3v) is 4.48. The van der Waals surface area contributed by atoms with Gasteiger partial charge in [0, 0.05) is 32.6 Å². The van der Waals surface area contributed by atoms with Crippen molar-refractivity contribution in [2.24, 2.45) is 4.99 Å². The molecule has 2 rings (SSSR count). The molecular weight excluding hydrogens is 320 g/mol. The molecule has 0 saturated carbocycles. The first-order valence-electron chi connectivity index (χ1n) is 8.11. The van der Waals surface area contributed by atoms with Crippen molar-refractivity contribution in [1.82, 2.24) is 15.2 Å². The van der Waals surface area contributed by atoms with E-state index in [1.54, 1.807) is 18.4 Å². The molecule has 1 aromatic carbocycles. The maximum absolute atomic E-state index is 5.55. The number of hydrogen-bond donors (Lipinski definition) is 1. The van der Waals surface area contributed by atoms with Crippen LogP contribution in [0.25, 0.3) is 0 Å². The Hall–Kier alpha value is -1.92. The summed E-state index contributed by atoms with van der Waals surface area (Å²) in [6, 6.07) is 8.33. The molecule has 0 saturated heterocycles. The summed E-state index contributed by atoms with van der Waals surface area (Å²) in [5, 5.41) is 6.61. The van der Waals surface area contributed by atoms with E-state index >= 15 is 0 Å². The zero-order chi connectivity index (χ0) is 17.4. The third-order valence-electron chi connectivity index (χ3n) is 3.66. The zero-order valence-corrected chi connectivity index (χ0v) is 15.7. The molecule has 0 aliphatic rings. The number of hydrogen-bond acceptors (Lipinski definition) is 4. The van der Waals surface area contributed by atoms with Crippen molar-refractivity contribution >= 4 is 17.3 Å². The van der Waals surface area contributed by atoms with Crippen molar-refractivity contribution in [3.05, 3.63) is 51.5 Å². The van der Waals surface area contributed by atoms with E-state index in [1.165, 1.54) is 11.1 Å². The largest absolute Gasteiger partial charge is 0.377 e. The van der Waals surface area contributed by atoms with Crippen molar-refractivity contribution in [1.29, 1.82) is 0 Å². The van der Waals surface area contributed by atoms with Gasteiger partial charge in [-0.15, -0.1) is 11.3 Å². The molecule has 2 aromatic rings. The summed E-state index contributed by atoms with van der Waals surface area (Å²) in [6.45, 7) is 6.86. The smallest absolute Gasteiger partial charge is 0.194 e. The number of aromatic nitrogens is 1. The zero-order valence-electron chi connectivity index (χ0n) is 14.9. The lowest BCUT2D eigenvalue weighted by Crippen LogP contribution is -2.38. The summed E-state index contributed by atoms with van der Waals surface area (Å²) in [4.78, 5) is 11.0. The van der Waals surface area contributed by atoms with Gasteiger partial charge in [0.05, 0.1) is 23.9 Å². The maximum Gasteiger partial charge on any atom is 0.194 e. The molecular formula is C18H26N4OS. The highest BCUT2D eigenvalue weighted by atomic mass is 32.1. The second-order valence-corrected chi connectivity index (χ2v) is 6.58. The van der Waals surface area contributed by atoms with E-state index in [-0.39, 0.29) is 0 Å². The summed E-state index contributed by atoms with van der Waals surface area (Å²) >= 11 is 1.67. The molecule has 1 heterocycles. The highest BCUT2D eigenvalue weighted by molar-refractivity contribution is 7.09. The van der Waals surface area contributed by atoms with Crippen molar-refractivity contribution < 1.29 is 4.74 Å². The Kier molecular flexibility index (Phi) is 7.21. The van der Waals surface area contributed by atoms with E-state index in [4.69, 9.17) is 4.74 Å². The van der Waals surface area contributed by atoms with E-state index in [9.17, 15) is 0 Å². The van der Waals surface area contributed by atoms with Gasteiger partial charge in [-0.25, -0.2) is 4.98 Å². The number of benzene rings is 1. The average molecular weight is 347 g/mol. The minimum atomic E-state index is 0.640. The lowest BCUT2D eigenvalue weighted by Gasteiger charge is -2.22. The Morgan fingerprint density at radius 2 is 2.08 bits per heavy atom. The van der Waals surface area contributed by atoms with Gasteiger partial charge in [-0.2, -0.15) is 0 Å². The van der Waals surface area contributed by atoms with Crippen LogP contribution in [0.15, 0.2) is 34.6 Å². The number of nitrogens with zero attached hydrogens (tertiary/aromatic N) is 3. The standard InChI is InChI=1S/C18H26N4OS/c1-5-23-12-16-9-7-6-8-15(16)10-20-18(19-3)22(4)11-17-13-24-14(2)21-17/h6-9,13H,5,10-12H2,1-4H3,(H,19,20). The minimum Gasteiger partial charge on any atom is -0.377 e. The van der Waals surface area contributed by atoms with Crippen LogP contribution in [-0.2, 0) is 24.4 Å². The van der Waals surface area contributed by atoms with Gasteiger partial charge in [0.25, 0.3) is 0 Å². The van der Waals surface area contributed by atoms with Crippen LogP contribution < -0.4 is 5.32 Å². The minimum absolute atomic E-state index is 0.640. The molecule has 6 heteroatoms. The molecule has 1 aromatic heterocycles. The lowest BCUT2D eigenvalue weighted by atomic mass is 10.1. The third kappa shape index (κ3) is 5.32. The number of thiazole rings is 1. The van der Waals surface area contributed by atoms with Gasteiger partial charge in [0.1, 0.15) is 0 Å². The van der Waals surface area contributed by atoms with Crippen LogP contribution in [0.3, 0.4) is 0 Å². The van der Waals surface area contributed by atoms with Crippen molar-refractivity contribution in [2.75, 3.05) is 20.7 Å². The molecule has 0 unspecified atom stereocenters. The molecule has 5 nitrogen and oxygen atoms in total. The Labute approximate surface area is 148 Å². The average Bonchev–Trinajstić information content (AvgIpc) is 2.99. The molecule has 0 atom stereocenters. The monoisotopic (exact) mass is 346 g/mol. The van der Waals surface area contributed by atoms with Gasteiger partial charge in [0.2, 0.25) is 0 Å². The predicted molar refractivity (Wildman–Crippen MR) is 100 cm³/mol. The molecule has 0 fully saturated rings. The van der Waals surface area contributed by atoms with Gasteiger partial charge >= 0.3 is 0 Å². The molecule has 130 valence electrons. The molecule has 0 amide bonds. The summed E-state index contributed by atoms with van der Waals surface area (Å²) in [5.74, 6) is 0.854. The molecule has 24 heavy (non-hydrogen) atoms. The van der Waals surface area contributed by atoms with Crippen LogP contribution in [0.4, 0.5) is 0 Å². The number of guanidine groups is 1. The number of ether oxygens (including phenoxy) is 1. The highest BCUT2D eigenvalue weighted by Crippen LogP contribution is 2.12. The van der Waals surface area contributed by atoms with E-state index in [1.807, 2.05) is 27.0 Å². The second kappa shape index (κ2) is 9.39. The normalized spacial score (nSPS) is 11.6. The molecule has 0 spiro atoms. The fourth-order valence-corrected chi connectivity index (χ4v) is 3.04. The first-order valence-corrected chi connectivity index (χ1v) is 8.99. The SMILES string of the molecule is CCOCc1ccccc1CNC(=NC)N(C)Cc1csc(C)n1. The van der Waals surface area contributed by atoms with Crippen LogP contribution in [0.1, 0.15) is 28.8 Å². The predicted octanol–water partition coefficient (Wildman–Crippen LogP) is 3.20. The topological polar surface area (TPSA) is 49.8 Å². The molecule has 0 bridgehead atoms. The first kappa shape index (κ1) is 18.4. The van der Waals surface area contributed by atoms with Crippen LogP contribution in [-0.4, -0.2) is 36.5 Å². The van der Waals surface area contributed by atoms with Gasteiger partial charge in [-0.3, -0.25) is 4.99 Å². The van der Waals surface area contributed by atoms with Crippen LogP contribution >= 0.6 is 11.3 Å². The molecule has 0 radical (unpaired) electrons. The summed E-state index contributed by atoms with van der Waals surface area (Å²) in [5.41, 5.74) is 3.50. The fraction of sp³-hybridized carbons (Fsp3) is 0.444. The molecule has 0 aliphatic carbocycles. The van der Waals surface area contributed by atoms with Crippen LogP contribution in [0.2, 0.25) is 0 Å². The summed E-state index contributed by atoms with van der Waals surface area (Å²) in [6.07, 6.45) is 0. The van der Waals surface area contributed by atoms with E-state index in [0.717, 1.165) is 36.4 Å². The Morgan fingerprint density at radius 1 is 1.33 bits per heavy atom. The van der Waals surface area contributed by atoms with E-state index < -0.39 is 0 Å². The van der Waals surface area contributed by atoms with Gasteiger partial charge in [-0.1, -0.05) is 24.3 Å². The van der Waals surface area contributed by atoms with Gasteiger partial charge in [0.15, 0.2) is 5.96 Å². The van der Waals surface area contributed by atoms with Gasteiger partial charge in [-0.05, 0) is 25.0 Å². The molecule has 0 aliphatic heterocycles. The van der Waals surface area contributed by atoms with Crippen LogP contribution in [0.5, 0.6) is 0 Å². The number of aliphatic imine (C=N–C) groups is 1. The van der Waals surface area contributed by atoms with E-state index in [0.29, 0.717) is 6.61 Å². The number of rotatable bonds is 7. The van der Waals surface area contributed by atoms with Crippen molar-refractivity contribution in [2.45, 2.75) is 33.5 Å². The number of aryl methyl sites for hydroxylation is 1. The Bertz CT molecular complexity index is 669.